The number of hydrogen-bond acceptors (Lipinski definition) is 6. The zero-order valence-electron chi connectivity index (χ0n) is 23.9. The van der Waals surface area contributed by atoms with Gasteiger partial charge in [0.25, 0.3) is 10.0 Å². The summed E-state index contributed by atoms with van der Waals surface area (Å²) in [4.78, 5) is 14.0. The van der Waals surface area contributed by atoms with Gasteiger partial charge in [-0.15, -0.1) is 10.2 Å². The summed E-state index contributed by atoms with van der Waals surface area (Å²) in [6, 6.07) is 13.6. The highest BCUT2D eigenvalue weighted by atomic mass is 32.2. The lowest BCUT2D eigenvalue weighted by atomic mass is 9.56. The molecule has 2 aliphatic carbocycles. The third-order valence-corrected chi connectivity index (χ3v) is 10.5. The minimum absolute atomic E-state index is 0.0229. The van der Waals surface area contributed by atoms with Crippen molar-refractivity contribution in [1.82, 2.24) is 10.2 Å². The maximum atomic E-state index is 13.9. The van der Waals surface area contributed by atoms with Gasteiger partial charge in [0, 0.05) is 11.8 Å². The van der Waals surface area contributed by atoms with E-state index in [1.54, 1.807) is 12.1 Å². The molecule has 8 nitrogen and oxygen atoms in total. The normalized spacial score (nSPS) is 22.2. The lowest BCUT2D eigenvalue weighted by Crippen LogP contribution is -2.47. The zero-order chi connectivity index (χ0) is 28.7. The topological polar surface area (TPSA) is 110 Å². The number of amides is 1. The Morgan fingerprint density at radius 1 is 0.950 bits per heavy atom. The predicted octanol–water partition coefficient (Wildman–Crippen LogP) is 5.77. The van der Waals surface area contributed by atoms with Crippen LogP contribution in [0, 0.1) is 5.92 Å². The molecule has 1 amide bonds. The van der Waals surface area contributed by atoms with Crippen molar-refractivity contribution in [3.05, 3.63) is 70.8 Å². The second-order valence-electron chi connectivity index (χ2n) is 11.8. The van der Waals surface area contributed by atoms with Gasteiger partial charge < -0.3 is 10.1 Å². The number of aromatic nitrogens is 2. The van der Waals surface area contributed by atoms with Gasteiger partial charge in [0.15, 0.2) is 5.82 Å². The molecular weight excluding hydrogens is 524 g/mol. The number of sulfonamides is 1. The Morgan fingerprint density at radius 2 is 1.68 bits per heavy atom. The van der Waals surface area contributed by atoms with Crippen molar-refractivity contribution >= 4 is 27.4 Å². The molecule has 5 rings (SSSR count). The molecule has 2 unspecified atom stereocenters. The molecule has 0 fully saturated rings. The Kier molecular flexibility index (Phi) is 7.37. The molecule has 0 bridgehead atoms. The molecule has 0 saturated heterocycles. The molecule has 3 aromatic rings. The van der Waals surface area contributed by atoms with E-state index in [1.807, 2.05) is 0 Å². The van der Waals surface area contributed by atoms with Gasteiger partial charge in [-0.25, -0.2) is 8.42 Å². The highest BCUT2D eigenvalue weighted by Crippen LogP contribution is 2.52. The van der Waals surface area contributed by atoms with Gasteiger partial charge in [-0.05, 0) is 109 Å². The van der Waals surface area contributed by atoms with E-state index in [1.165, 1.54) is 60.9 Å². The number of nitrogens with one attached hydrogen (secondary N) is 2. The third kappa shape index (κ3) is 4.96. The van der Waals surface area contributed by atoms with Gasteiger partial charge in [0.1, 0.15) is 0 Å². The molecular formula is C31H38N4O4S. The van der Waals surface area contributed by atoms with E-state index >= 15 is 0 Å². The molecule has 2 atom stereocenters. The SMILES string of the molecule is COc1ccc(NS(=O)(=O)c2ccc(NC(=O)C3(C)CCC(C)(C(C)C)c4c3ccc3c4CCCC3)cc2)nn1. The largest absolute Gasteiger partial charge is 0.480 e. The Hall–Kier alpha value is -3.46. The van der Waals surface area contributed by atoms with E-state index in [9.17, 15) is 13.2 Å². The summed E-state index contributed by atoms with van der Waals surface area (Å²) in [5.74, 6) is 0.751. The zero-order valence-corrected chi connectivity index (χ0v) is 24.7. The van der Waals surface area contributed by atoms with Crippen LogP contribution in [0.15, 0.2) is 53.4 Å². The van der Waals surface area contributed by atoms with Crippen LogP contribution in [0.2, 0.25) is 0 Å². The van der Waals surface area contributed by atoms with E-state index in [4.69, 9.17) is 4.74 Å². The number of aryl methyl sites for hydroxylation is 1. The summed E-state index contributed by atoms with van der Waals surface area (Å²) in [6.45, 7) is 9.00. The van der Waals surface area contributed by atoms with Crippen LogP contribution < -0.4 is 14.8 Å². The number of hydrogen-bond donors (Lipinski definition) is 2. The summed E-state index contributed by atoms with van der Waals surface area (Å²) in [7, 11) is -2.43. The molecule has 9 heteroatoms. The predicted molar refractivity (Wildman–Crippen MR) is 156 cm³/mol. The molecule has 0 spiro atoms. The molecule has 1 heterocycles. The van der Waals surface area contributed by atoms with Crippen LogP contribution in [0.4, 0.5) is 11.5 Å². The van der Waals surface area contributed by atoms with Gasteiger partial charge >= 0.3 is 0 Å². The molecule has 212 valence electrons. The first kappa shape index (κ1) is 28.1. The lowest BCUT2D eigenvalue weighted by Gasteiger charge is -2.48. The minimum Gasteiger partial charge on any atom is -0.480 e. The standard InChI is InChI=1S/C31H38N4O4S/c1-20(2)30(3)18-19-31(4,25-15-10-21-8-6-7-9-24(21)28(25)30)29(36)32-22-11-13-23(14-12-22)40(37,38)35-26-16-17-27(39-5)34-33-26/h10-17,20H,6-9,18-19H2,1-5H3,(H,32,36)(H,33,35). The van der Waals surface area contributed by atoms with Crippen molar-refractivity contribution in [2.75, 3.05) is 17.1 Å². The van der Waals surface area contributed by atoms with Gasteiger partial charge in [-0.1, -0.05) is 32.9 Å². The highest BCUT2D eigenvalue weighted by molar-refractivity contribution is 7.92. The Morgan fingerprint density at radius 3 is 2.33 bits per heavy atom. The monoisotopic (exact) mass is 562 g/mol. The second kappa shape index (κ2) is 10.5. The van der Waals surface area contributed by atoms with E-state index in [0.29, 0.717) is 11.6 Å². The number of carbonyl (C=O) groups excluding carboxylic acids is 1. The highest BCUT2D eigenvalue weighted by Gasteiger charge is 2.48. The van der Waals surface area contributed by atoms with Crippen molar-refractivity contribution in [2.24, 2.45) is 5.92 Å². The van der Waals surface area contributed by atoms with E-state index in [2.05, 4.69) is 60.1 Å². The first-order valence-corrected chi connectivity index (χ1v) is 15.4. The number of fused-ring (bicyclic) bond motifs is 3. The molecule has 0 radical (unpaired) electrons. The summed E-state index contributed by atoms with van der Waals surface area (Å²) in [5.41, 5.74) is 5.31. The van der Waals surface area contributed by atoms with Crippen molar-refractivity contribution < 1.29 is 17.9 Å². The number of ether oxygens (including phenoxy) is 1. The average molecular weight is 563 g/mol. The number of benzene rings is 2. The van der Waals surface area contributed by atoms with Gasteiger partial charge in [-0.2, -0.15) is 0 Å². The van der Waals surface area contributed by atoms with Crippen LogP contribution in [0.1, 0.15) is 75.6 Å². The van der Waals surface area contributed by atoms with Crippen molar-refractivity contribution in [3.63, 3.8) is 0 Å². The van der Waals surface area contributed by atoms with Crippen LogP contribution in [0.3, 0.4) is 0 Å². The number of anilines is 2. The third-order valence-electron chi connectivity index (χ3n) is 9.13. The van der Waals surface area contributed by atoms with Crippen molar-refractivity contribution in [2.45, 2.75) is 81.9 Å². The Balaban J connectivity index is 1.39. The molecule has 2 aromatic carbocycles. The molecule has 2 aliphatic rings. The summed E-state index contributed by atoms with van der Waals surface area (Å²) in [6.07, 6.45) is 6.28. The number of rotatable bonds is 7. The van der Waals surface area contributed by atoms with Gasteiger partial charge in [0.05, 0.1) is 17.4 Å². The summed E-state index contributed by atoms with van der Waals surface area (Å²) < 4.78 is 33.1. The van der Waals surface area contributed by atoms with Crippen LogP contribution in [-0.4, -0.2) is 31.6 Å². The fourth-order valence-electron chi connectivity index (χ4n) is 6.19. The quantitative estimate of drug-likeness (QED) is 0.378. The van der Waals surface area contributed by atoms with Crippen LogP contribution in [0.5, 0.6) is 5.88 Å². The molecule has 0 saturated carbocycles. The molecule has 1 aromatic heterocycles. The maximum Gasteiger partial charge on any atom is 0.263 e. The van der Waals surface area contributed by atoms with Gasteiger partial charge in [0.2, 0.25) is 11.8 Å². The molecule has 40 heavy (non-hydrogen) atoms. The van der Waals surface area contributed by atoms with Gasteiger partial charge in [-0.3, -0.25) is 9.52 Å². The van der Waals surface area contributed by atoms with E-state index in [-0.39, 0.29) is 27.9 Å². The number of methoxy groups -OCH3 is 1. The van der Waals surface area contributed by atoms with E-state index < -0.39 is 15.4 Å². The molecule has 2 N–H and O–H groups in total. The second-order valence-corrected chi connectivity index (χ2v) is 13.5. The van der Waals surface area contributed by atoms with Crippen LogP contribution in [-0.2, 0) is 38.5 Å². The fraction of sp³-hybridized carbons (Fsp3) is 0.452. The van der Waals surface area contributed by atoms with Crippen molar-refractivity contribution in [3.8, 4) is 5.88 Å². The lowest BCUT2D eigenvalue weighted by molar-refractivity contribution is -0.121. The Bertz CT molecular complexity index is 1520. The summed E-state index contributed by atoms with van der Waals surface area (Å²) in [5, 5.41) is 10.7. The Labute approximate surface area is 237 Å². The number of carbonyl (C=O) groups is 1. The van der Waals surface area contributed by atoms with Crippen LogP contribution in [0.25, 0.3) is 0 Å². The smallest absolute Gasteiger partial charge is 0.263 e. The first-order chi connectivity index (χ1) is 19.0. The van der Waals surface area contributed by atoms with Crippen LogP contribution >= 0.6 is 0 Å². The van der Waals surface area contributed by atoms with E-state index in [0.717, 1.165) is 31.2 Å². The fourth-order valence-corrected chi connectivity index (χ4v) is 7.19. The first-order valence-electron chi connectivity index (χ1n) is 14.0. The maximum absolute atomic E-state index is 13.9. The summed E-state index contributed by atoms with van der Waals surface area (Å²) >= 11 is 0. The van der Waals surface area contributed by atoms with Crippen molar-refractivity contribution in [1.29, 1.82) is 0 Å². The average Bonchev–Trinajstić information content (AvgIpc) is 2.95. The molecule has 0 aliphatic heterocycles. The number of nitrogens with zero attached hydrogens (tertiary/aromatic N) is 2. The minimum atomic E-state index is -3.89.